The van der Waals surface area contributed by atoms with Crippen molar-refractivity contribution in [2.75, 3.05) is 12.8 Å². The molecule has 1 rings (SSSR count). The molecular weight excluding hydrogens is 200 g/mol. The minimum atomic E-state index is -0.558. The predicted molar refractivity (Wildman–Crippen MR) is 53.2 cm³/mol. The first-order valence-corrected chi connectivity index (χ1v) is 4.13. The molecule has 0 bridgehead atoms. The van der Waals surface area contributed by atoms with Crippen LogP contribution in [-0.4, -0.2) is 18.0 Å². The summed E-state index contributed by atoms with van der Waals surface area (Å²) < 4.78 is 4.44. The van der Waals surface area contributed by atoms with Gasteiger partial charge in [-0.15, -0.1) is 0 Å². The van der Waals surface area contributed by atoms with Crippen molar-refractivity contribution in [3.63, 3.8) is 0 Å². The van der Waals surface area contributed by atoms with E-state index >= 15 is 0 Å². The van der Waals surface area contributed by atoms with E-state index in [0.29, 0.717) is 5.56 Å². The van der Waals surface area contributed by atoms with Gasteiger partial charge in [-0.05, 0) is 11.6 Å². The highest BCUT2D eigenvalue weighted by molar-refractivity contribution is 5.73. The van der Waals surface area contributed by atoms with Gasteiger partial charge in [-0.1, -0.05) is 0 Å². The maximum Gasteiger partial charge on any atom is 0.309 e. The molecule has 0 atom stereocenters. The number of hydrogen-bond acceptors (Lipinski definition) is 5. The number of carbonyl (C=O) groups is 1. The molecule has 1 aromatic rings. The smallest absolute Gasteiger partial charge is 0.309 e. The molecule has 6 nitrogen and oxygen atoms in total. The van der Waals surface area contributed by atoms with Crippen LogP contribution in [0.1, 0.15) is 5.56 Å². The topological polar surface area (TPSA) is 95.5 Å². The largest absolute Gasteiger partial charge is 0.469 e. The number of rotatable bonds is 3. The van der Waals surface area contributed by atoms with Gasteiger partial charge in [-0.2, -0.15) is 0 Å². The number of nitro groups is 1. The van der Waals surface area contributed by atoms with Crippen LogP contribution in [0.25, 0.3) is 0 Å². The second-order valence-electron chi connectivity index (χ2n) is 2.94. The van der Waals surface area contributed by atoms with Gasteiger partial charge in [0.2, 0.25) is 0 Å². The van der Waals surface area contributed by atoms with Crippen LogP contribution in [-0.2, 0) is 16.0 Å². The number of esters is 1. The standard InChI is InChI=1S/C9H10N2O4/c1-15-9(12)4-6-2-7(10)5-8(3-6)11(13)14/h2-3,5H,4,10H2,1H3. The molecule has 0 aliphatic carbocycles. The number of anilines is 1. The van der Waals surface area contributed by atoms with Crippen molar-refractivity contribution < 1.29 is 14.5 Å². The monoisotopic (exact) mass is 210 g/mol. The average Bonchev–Trinajstić information content (AvgIpc) is 2.16. The Bertz CT molecular complexity index is 403. The zero-order chi connectivity index (χ0) is 11.4. The summed E-state index contributed by atoms with van der Waals surface area (Å²) in [5.41, 5.74) is 6.05. The van der Waals surface area contributed by atoms with E-state index in [1.54, 1.807) is 0 Å². The van der Waals surface area contributed by atoms with Crippen molar-refractivity contribution in [3.8, 4) is 0 Å². The first kappa shape index (κ1) is 11.0. The maximum atomic E-state index is 10.9. The van der Waals surface area contributed by atoms with Gasteiger partial charge in [0.25, 0.3) is 5.69 Å². The van der Waals surface area contributed by atoms with Crippen LogP contribution in [0.4, 0.5) is 11.4 Å². The quantitative estimate of drug-likeness (QED) is 0.346. The number of nitrogen functional groups attached to an aromatic ring is 1. The molecule has 0 saturated heterocycles. The minimum Gasteiger partial charge on any atom is -0.469 e. The molecule has 0 unspecified atom stereocenters. The number of nitrogens with zero attached hydrogens (tertiary/aromatic N) is 1. The number of benzene rings is 1. The predicted octanol–water partition coefficient (Wildman–Crippen LogP) is 0.893. The number of non-ortho nitro benzene ring substituents is 1. The molecule has 0 spiro atoms. The summed E-state index contributed by atoms with van der Waals surface area (Å²) in [6, 6.07) is 4.04. The molecule has 0 aromatic heterocycles. The maximum absolute atomic E-state index is 10.9. The van der Waals surface area contributed by atoms with Crippen LogP contribution in [0.3, 0.4) is 0 Å². The Kier molecular flexibility index (Phi) is 3.22. The van der Waals surface area contributed by atoms with Crippen molar-refractivity contribution in [1.82, 2.24) is 0 Å². The highest BCUT2D eigenvalue weighted by Gasteiger charge is 2.10. The van der Waals surface area contributed by atoms with Crippen LogP contribution < -0.4 is 5.73 Å². The molecule has 80 valence electrons. The minimum absolute atomic E-state index is 0.0254. The molecule has 6 heteroatoms. The first-order chi connectivity index (χ1) is 7.02. The lowest BCUT2D eigenvalue weighted by Crippen LogP contribution is -2.05. The van der Waals surface area contributed by atoms with Gasteiger partial charge in [0.1, 0.15) is 0 Å². The van der Waals surface area contributed by atoms with Crippen LogP contribution in [0.2, 0.25) is 0 Å². The first-order valence-electron chi connectivity index (χ1n) is 4.13. The van der Waals surface area contributed by atoms with E-state index in [9.17, 15) is 14.9 Å². The highest BCUT2D eigenvalue weighted by atomic mass is 16.6. The number of nitrogens with two attached hydrogens (primary N) is 1. The summed E-state index contributed by atoms with van der Waals surface area (Å²) in [6.07, 6.45) is -0.0254. The van der Waals surface area contributed by atoms with E-state index in [4.69, 9.17) is 5.73 Å². The van der Waals surface area contributed by atoms with Gasteiger partial charge in [0.15, 0.2) is 0 Å². The molecule has 15 heavy (non-hydrogen) atoms. The molecule has 0 saturated carbocycles. The van der Waals surface area contributed by atoms with Gasteiger partial charge in [0, 0.05) is 17.8 Å². The Morgan fingerprint density at radius 1 is 1.53 bits per heavy atom. The molecule has 0 heterocycles. The van der Waals surface area contributed by atoms with Crippen molar-refractivity contribution in [3.05, 3.63) is 33.9 Å². The molecule has 0 amide bonds. The molecular formula is C9H10N2O4. The van der Waals surface area contributed by atoms with E-state index in [2.05, 4.69) is 4.74 Å². The SMILES string of the molecule is COC(=O)Cc1cc(N)cc([N+](=O)[O-])c1. The Balaban J connectivity index is 2.98. The summed E-state index contributed by atoms with van der Waals surface area (Å²) in [7, 11) is 1.25. The zero-order valence-electron chi connectivity index (χ0n) is 8.10. The number of hydrogen-bond donors (Lipinski definition) is 1. The van der Waals surface area contributed by atoms with Crippen LogP contribution in [0.5, 0.6) is 0 Å². The fourth-order valence-electron chi connectivity index (χ4n) is 1.15. The normalized spacial score (nSPS) is 9.67. The number of ether oxygens (including phenoxy) is 1. The summed E-state index contributed by atoms with van der Waals surface area (Å²) >= 11 is 0. The summed E-state index contributed by atoms with van der Waals surface area (Å²) in [6.45, 7) is 0. The molecule has 0 fully saturated rings. The van der Waals surface area contributed by atoms with Gasteiger partial charge in [-0.3, -0.25) is 14.9 Å². The third-order valence-corrected chi connectivity index (χ3v) is 1.79. The van der Waals surface area contributed by atoms with Crippen LogP contribution in [0.15, 0.2) is 18.2 Å². The number of nitro benzene ring substituents is 1. The summed E-state index contributed by atoms with van der Waals surface area (Å²) in [5.74, 6) is -0.463. The summed E-state index contributed by atoms with van der Waals surface area (Å²) in [5, 5.41) is 10.5. The Labute approximate surface area is 85.8 Å². The number of methoxy groups -OCH3 is 1. The lowest BCUT2D eigenvalue weighted by Gasteiger charge is -2.01. The fourth-order valence-corrected chi connectivity index (χ4v) is 1.15. The van der Waals surface area contributed by atoms with Crippen molar-refractivity contribution >= 4 is 17.3 Å². The Morgan fingerprint density at radius 2 is 2.20 bits per heavy atom. The van der Waals surface area contributed by atoms with E-state index in [1.807, 2.05) is 0 Å². The van der Waals surface area contributed by atoms with Gasteiger partial charge in [0.05, 0.1) is 18.5 Å². The Hall–Kier alpha value is -2.11. The van der Waals surface area contributed by atoms with Crippen molar-refractivity contribution in [1.29, 1.82) is 0 Å². The molecule has 1 aromatic carbocycles. The fraction of sp³-hybridized carbons (Fsp3) is 0.222. The van der Waals surface area contributed by atoms with E-state index in [0.717, 1.165) is 0 Å². The van der Waals surface area contributed by atoms with Gasteiger partial charge in [-0.25, -0.2) is 0 Å². The van der Waals surface area contributed by atoms with Gasteiger partial charge < -0.3 is 10.5 Å². The van der Waals surface area contributed by atoms with Crippen LogP contribution >= 0.6 is 0 Å². The zero-order valence-corrected chi connectivity index (χ0v) is 8.10. The van der Waals surface area contributed by atoms with Crippen molar-refractivity contribution in [2.24, 2.45) is 0 Å². The van der Waals surface area contributed by atoms with E-state index in [1.165, 1.54) is 25.3 Å². The molecule has 0 aliphatic rings. The third kappa shape index (κ3) is 2.94. The van der Waals surface area contributed by atoms with E-state index < -0.39 is 10.9 Å². The van der Waals surface area contributed by atoms with Crippen molar-refractivity contribution in [2.45, 2.75) is 6.42 Å². The van der Waals surface area contributed by atoms with Gasteiger partial charge >= 0.3 is 5.97 Å². The Morgan fingerprint density at radius 3 is 2.73 bits per heavy atom. The molecule has 2 N–H and O–H groups in total. The van der Waals surface area contributed by atoms with E-state index in [-0.39, 0.29) is 17.8 Å². The lowest BCUT2D eigenvalue weighted by molar-refractivity contribution is -0.384. The molecule has 0 radical (unpaired) electrons. The molecule has 0 aliphatic heterocycles. The number of carbonyl (C=O) groups excluding carboxylic acids is 1. The highest BCUT2D eigenvalue weighted by Crippen LogP contribution is 2.19. The average molecular weight is 210 g/mol. The third-order valence-electron chi connectivity index (χ3n) is 1.79. The summed E-state index contributed by atoms with van der Waals surface area (Å²) in [4.78, 5) is 20.9. The second kappa shape index (κ2) is 4.41. The lowest BCUT2D eigenvalue weighted by atomic mass is 10.1. The van der Waals surface area contributed by atoms with Crippen LogP contribution in [0, 0.1) is 10.1 Å². The second-order valence-corrected chi connectivity index (χ2v) is 2.94.